The second-order valence-corrected chi connectivity index (χ2v) is 3.20. The number of rotatable bonds is 2. The van der Waals surface area contributed by atoms with E-state index in [0.29, 0.717) is 0 Å². The van der Waals surface area contributed by atoms with Crippen molar-refractivity contribution in [2.75, 3.05) is 14.2 Å². The van der Waals surface area contributed by atoms with Gasteiger partial charge in [0, 0.05) is 0 Å². The smallest absolute Gasteiger partial charge is 0.418 e. The lowest BCUT2D eigenvalue weighted by Crippen LogP contribution is -2.16. The third-order valence-corrected chi connectivity index (χ3v) is 2.16. The van der Waals surface area contributed by atoms with Crippen LogP contribution in [0.2, 0.25) is 0 Å². The number of nitrogens with zero attached hydrogens (tertiary/aromatic N) is 1. The third-order valence-electron chi connectivity index (χ3n) is 2.16. The summed E-state index contributed by atoms with van der Waals surface area (Å²) in [6.07, 6.45) is -4.83. The molecule has 0 saturated carbocycles. The van der Waals surface area contributed by atoms with Crippen LogP contribution in [0, 0.1) is 11.3 Å². The number of methoxy groups -OCH3 is 2. The average molecular weight is 259 g/mol. The fraction of sp³-hybridized carbons (Fsp3) is 0.273. The second kappa shape index (κ2) is 4.96. The highest BCUT2D eigenvalue weighted by Gasteiger charge is 2.39. The fourth-order valence-corrected chi connectivity index (χ4v) is 1.40. The molecule has 1 aromatic carbocycles. The zero-order valence-electron chi connectivity index (χ0n) is 9.46. The van der Waals surface area contributed by atoms with Gasteiger partial charge in [-0.2, -0.15) is 18.4 Å². The van der Waals surface area contributed by atoms with Crippen LogP contribution in [0.1, 0.15) is 21.5 Å². The quantitative estimate of drug-likeness (QED) is 0.765. The fourth-order valence-electron chi connectivity index (χ4n) is 1.40. The zero-order valence-corrected chi connectivity index (χ0v) is 9.46. The van der Waals surface area contributed by atoms with Crippen LogP contribution in [-0.2, 0) is 10.9 Å². The molecule has 0 N–H and O–H groups in total. The number of carbonyl (C=O) groups is 1. The lowest BCUT2D eigenvalue weighted by Gasteiger charge is -2.14. The van der Waals surface area contributed by atoms with Crippen LogP contribution in [0.3, 0.4) is 0 Å². The molecule has 0 amide bonds. The standard InChI is InChI=1S/C11H8F3NO3/c1-17-7-3-6(5-15)9(11(12,13)14)8(4-7)10(16)18-2/h3-4H,1-2H3. The van der Waals surface area contributed by atoms with E-state index in [0.717, 1.165) is 19.2 Å². The molecule has 7 heteroatoms. The molecule has 0 aliphatic rings. The van der Waals surface area contributed by atoms with Gasteiger partial charge in [-0.1, -0.05) is 0 Å². The van der Waals surface area contributed by atoms with Gasteiger partial charge in [0.15, 0.2) is 0 Å². The molecule has 0 fully saturated rings. The van der Waals surface area contributed by atoms with Crippen molar-refractivity contribution in [1.29, 1.82) is 5.26 Å². The predicted octanol–water partition coefficient (Wildman–Crippen LogP) is 2.37. The largest absolute Gasteiger partial charge is 0.497 e. The second-order valence-electron chi connectivity index (χ2n) is 3.20. The Morgan fingerprint density at radius 1 is 1.33 bits per heavy atom. The molecule has 18 heavy (non-hydrogen) atoms. The monoisotopic (exact) mass is 259 g/mol. The highest BCUT2D eigenvalue weighted by Crippen LogP contribution is 2.37. The summed E-state index contributed by atoms with van der Waals surface area (Å²) in [5.41, 5.74) is -2.76. The predicted molar refractivity (Wildman–Crippen MR) is 54.1 cm³/mol. The molecule has 0 bridgehead atoms. The molecule has 0 aromatic heterocycles. The Morgan fingerprint density at radius 2 is 1.94 bits per heavy atom. The maximum atomic E-state index is 12.8. The molecule has 0 saturated heterocycles. The molecule has 1 rings (SSSR count). The number of esters is 1. The SMILES string of the molecule is COC(=O)c1cc(OC)cc(C#N)c1C(F)(F)F. The normalized spacial score (nSPS) is 10.7. The first-order chi connectivity index (χ1) is 8.35. The van der Waals surface area contributed by atoms with Crippen LogP contribution in [0.15, 0.2) is 12.1 Å². The van der Waals surface area contributed by atoms with Crippen LogP contribution >= 0.6 is 0 Å². The molecular weight excluding hydrogens is 251 g/mol. The third kappa shape index (κ3) is 2.53. The minimum absolute atomic E-state index is 0.0278. The van der Waals surface area contributed by atoms with E-state index >= 15 is 0 Å². The number of hydrogen-bond donors (Lipinski definition) is 0. The van der Waals surface area contributed by atoms with Gasteiger partial charge in [-0.15, -0.1) is 0 Å². The molecule has 0 heterocycles. The lowest BCUT2D eigenvalue weighted by molar-refractivity contribution is -0.138. The van der Waals surface area contributed by atoms with Gasteiger partial charge in [0.2, 0.25) is 0 Å². The van der Waals surface area contributed by atoms with Gasteiger partial charge in [-0.05, 0) is 12.1 Å². The van der Waals surface area contributed by atoms with Crippen LogP contribution in [-0.4, -0.2) is 20.2 Å². The minimum atomic E-state index is -4.83. The maximum Gasteiger partial charge on any atom is 0.418 e. The first kappa shape index (κ1) is 13.8. The molecule has 0 radical (unpaired) electrons. The summed E-state index contributed by atoms with van der Waals surface area (Å²) in [7, 11) is 2.17. The van der Waals surface area contributed by atoms with Crippen LogP contribution in [0.4, 0.5) is 13.2 Å². The van der Waals surface area contributed by atoms with Gasteiger partial charge in [-0.3, -0.25) is 0 Å². The van der Waals surface area contributed by atoms with Gasteiger partial charge in [0.05, 0.1) is 37.0 Å². The summed E-state index contributed by atoms with van der Waals surface area (Å²) in [6.45, 7) is 0. The van der Waals surface area contributed by atoms with Gasteiger partial charge >= 0.3 is 12.1 Å². The summed E-state index contributed by atoms with van der Waals surface area (Å²) in [5, 5.41) is 8.72. The Labute approximate surface area is 101 Å². The number of carbonyl (C=O) groups excluding carboxylic acids is 1. The Hall–Kier alpha value is -2.23. The summed E-state index contributed by atoms with van der Waals surface area (Å²) in [4.78, 5) is 11.3. The summed E-state index contributed by atoms with van der Waals surface area (Å²) in [5.74, 6) is -1.21. The van der Waals surface area contributed by atoms with Crippen molar-refractivity contribution in [3.8, 4) is 11.8 Å². The topological polar surface area (TPSA) is 59.3 Å². The van der Waals surface area contributed by atoms with Crippen LogP contribution in [0.25, 0.3) is 0 Å². The Kier molecular flexibility index (Phi) is 3.81. The van der Waals surface area contributed by atoms with Gasteiger partial charge in [0.1, 0.15) is 5.75 Å². The van der Waals surface area contributed by atoms with Gasteiger partial charge < -0.3 is 9.47 Å². The first-order valence-corrected chi connectivity index (χ1v) is 4.62. The van der Waals surface area contributed by atoms with E-state index in [4.69, 9.17) is 10.00 Å². The lowest BCUT2D eigenvalue weighted by atomic mass is 10.0. The van der Waals surface area contributed by atoms with E-state index in [9.17, 15) is 18.0 Å². The van der Waals surface area contributed by atoms with Gasteiger partial charge in [0.25, 0.3) is 0 Å². The van der Waals surface area contributed by atoms with Crippen molar-refractivity contribution < 1.29 is 27.4 Å². The van der Waals surface area contributed by atoms with Crippen molar-refractivity contribution in [2.24, 2.45) is 0 Å². The number of benzene rings is 1. The molecule has 0 aliphatic carbocycles. The Bertz CT molecular complexity index is 517. The van der Waals surface area contributed by atoms with Crippen molar-refractivity contribution in [2.45, 2.75) is 6.18 Å². The zero-order chi connectivity index (χ0) is 13.9. The molecule has 0 aliphatic heterocycles. The Morgan fingerprint density at radius 3 is 2.33 bits per heavy atom. The molecule has 4 nitrogen and oxygen atoms in total. The summed E-state index contributed by atoms with van der Waals surface area (Å²) in [6, 6.07) is 3.18. The number of hydrogen-bond acceptors (Lipinski definition) is 4. The Balaban J connectivity index is 3.64. The van der Waals surface area contributed by atoms with E-state index in [1.165, 1.54) is 13.2 Å². The minimum Gasteiger partial charge on any atom is -0.497 e. The van der Waals surface area contributed by atoms with Crippen LogP contribution < -0.4 is 4.74 Å². The molecule has 1 aromatic rings. The molecule has 0 unspecified atom stereocenters. The summed E-state index contributed by atoms with van der Waals surface area (Å²) < 4.78 is 47.5. The average Bonchev–Trinajstić information content (AvgIpc) is 2.34. The van der Waals surface area contributed by atoms with Crippen molar-refractivity contribution in [3.05, 3.63) is 28.8 Å². The number of nitriles is 1. The van der Waals surface area contributed by atoms with E-state index in [-0.39, 0.29) is 5.75 Å². The number of ether oxygens (including phenoxy) is 2. The van der Waals surface area contributed by atoms with Crippen molar-refractivity contribution in [1.82, 2.24) is 0 Å². The van der Waals surface area contributed by atoms with E-state index in [1.54, 1.807) is 0 Å². The first-order valence-electron chi connectivity index (χ1n) is 4.62. The van der Waals surface area contributed by atoms with E-state index in [2.05, 4.69) is 4.74 Å². The van der Waals surface area contributed by atoms with E-state index in [1.807, 2.05) is 0 Å². The highest BCUT2D eigenvalue weighted by atomic mass is 19.4. The molecule has 96 valence electrons. The molecule has 0 spiro atoms. The van der Waals surface area contributed by atoms with Crippen molar-refractivity contribution >= 4 is 5.97 Å². The summed E-state index contributed by atoms with van der Waals surface area (Å²) >= 11 is 0. The molecule has 0 atom stereocenters. The number of halogens is 3. The van der Waals surface area contributed by atoms with Crippen LogP contribution in [0.5, 0.6) is 5.75 Å². The maximum absolute atomic E-state index is 12.8. The highest BCUT2D eigenvalue weighted by molar-refractivity contribution is 5.92. The number of alkyl halides is 3. The van der Waals surface area contributed by atoms with Gasteiger partial charge in [-0.25, -0.2) is 4.79 Å². The van der Waals surface area contributed by atoms with E-state index < -0.39 is 28.8 Å². The van der Waals surface area contributed by atoms with Crippen molar-refractivity contribution in [3.63, 3.8) is 0 Å². The molecular formula is C11H8F3NO3.